The molecular formula is C19H20. The summed E-state index contributed by atoms with van der Waals surface area (Å²) in [6, 6.07) is 15.8. The van der Waals surface area contributed by atoms with Crippen molar-refractivity contribution in [1.82, 2.24) is 0 Å². The van der Waals surface area contributed by atoms with E-state index in [1.807, 2.05) is 0 Å². The quantitative estimate of drug-likeness (QED) is 0.736. The molecule has 0 saturated heterocycles. The van der Waals surface area contributed by atoms with Gasteiger partial charge in [-0.15, -0.1) is 0 Å². The fourth-order valence-electron chi connectivity index (χ4n) is 4.05. The van der Waals surface area contributed by atoms with Crippen molar-refractivity contribution in [2.45, 2.75) is 44.4 Å². The van der Waals surface area contributed by atoms with Crippen LogP contribution >= 0.6 is 0 Å². The second-order valence-electron chi connectivity index (χ2n) is 6.05. The van der Waals surface area contributed by atoms with Gasteiger partial charge in [0.15, 0.2) is 0 Å². The molecule has 2 aromatic rings. The van der Waals surface area contributed by atoms with E-state index >= 15 is 0 Å². The summed E-state index contributed by atoms with van der Waals surface area (Å²) in [6.07, 6.45) is 7.86. The van der Waals surface area contributed by atoms with Crippen molar-refractivity contribution in [3.63, 3.8) is 0 Å². The van der Waals surface area contributed by atoms with Gasteiger partial charge in [0.05, 0.1) is 0 Å². The predicted octanol–water partition coefficient (Wildman–Crippen LogP) is 4.45. The Balaban J connectivity index is 1.70. The lowest BCUT2D eigenvalue weighted by Gasteiger charge is -2.16. The second kappa shape index (κ2) is 4.52. The maximum Gasteiger partial charge on any atom is -0.0113 e. The van der Waals surface area contributed by atoms with E-state index in [0.29, 0.717) is 0 Å². The van der Waals surface area contributed by atoms with E-state index in [2.05, 4.69) is 42.5 Å². The van der Waals surface area contributed by atoms with E-state index in [4.69, 9.17) is 0 Å². The number of fused-ring (bicyclic) bond motifs is 3. The molecule has 0 heteroatoms. The zero-order valence-corrected chi connectivity index (χ0v) is 11.4. The second-order valence-corrected chi connectivity index (χ2v) is 6.05. The van der Waals surface area contributed by atoms with Crippen molar-refractivity contribution in [3.8, 4) is 0 Å². The average Bonchev–Trinajstić information content (AvgIpc) is 3.06. The summed E-state index contributed by atoms with van der Waals surface area (Å²) in [4.78, 5) is 0. The van der Waals surface area contributed by atoms with Gasteiger partial charge in [0, 0.05) is 0 Å². The summed E-state index contributed by atoms with van der Waals surface area (Å²) in [5.74, 6) is 0.769. The van der Waals surface area contributed by atoms with E-state index in [-0.39, 0.29) is 0 Å². The van der Waals surface area contributed by atoms with Crippen LogP contribution in [0.3, 0.4) is 0 Å². The van der Waals surface area contributed by atoms with Crippen LogP contribution in [-0.2, 0) is 25.7 Å². The molecule has 0 radical (unpaired) electrons. The van der Waals surface area contributed by atoms with Crippen LogP contribution in [0.4, 0.5) is 0 Å². The van der Waals surface area contributed by atoms with Gasteiger partial charge in [0.2, 0.25) is 0 Å². The largest absolute Gasteiger partial charge is 0.0622 e. The molecule has 0 spiro atoms. The van der Waals surface area contributed by atoms with E-state index < -0.39 is 0 Å². The minimum atomic E-state index is 0.769. The third-order valence-corrected chi connectivity index (χ3v) is 4.91. The standard InChI is InChI=1S/C19H20/c1-2-5-14(6-3-1)13-17-12-11-16-10-9-15-7-4-8-18(15)19(16)17/h1-3,5-6,9-10,17H,4,7-8,11-13H2. The van der Waals surface area contributed by atoms with Gasteiger partial charge < -0.3 is 0 Å². The molecule has 0 aromatic heterocycles. The van der Waals surface area contributed by atoms with Crippen LogP contribution in [0.5, 0.6) is 0 Å². The number of hydrogen-bond acceptors (Lipinski definition) is 0. The fourth-order valence-corrected chi connectivity index (χ4v) is 4.05. The third-order valence-electron chi connectivity index (χ3n) is 4.91. The lowest BCUT2D eigenvalue weighted by atomic mass is 9.89. The van der Waals surface area contributed by atoms with Crippen LogP contribution in [0.25, 0.3) is 0 Å². The average molecular weight is 248 g/mol. The topological polar surface area (TPSA) is 0 Å². The van der Waals surface area contributed by atoms with Crippen molar-refractivity contribution in [3.05, 3.63) is 70.3 Å². The van der Waals surface area contributed by atoms with Crippen LogP contribution in [0.1, 0.15) is 46.6 Å². The number of benzene rings is 2. The Hall–Kier alpha value is -1.56. The Labute approximate surface area is 115 Å². The van der Waals surface area contributed by atoms with Gasteiger partial charge in [0.25, 0.3) is 0 Å². The number of aryl methyl sites for hydroxylation is 2. The van der Waals surface area contributed by atoms with Crippen molar-refractivity contribution in [1.29, 1.82) is 0 Å². The van der Waals surface area contributed by atoms with Crippen LogP contribution < -0.4 is 0 Å². The molecule has 2 aliphatic carbocycles. The molecule has 0 saturated carbocycles. The summed E-state index contributed by atoms with van der Waals surface area (Å²) in [5, 5.41) is 0. The molecular weight excluding hydrogens is 228 g/mol. The molecule has 96 valence electrons. The zero-order valence-electron chi connectivity index (χ0n) is 11.4. The summed E-state index contributed by atoms with van der Waals surface area (Å²) >= 11 is 0. The Bertz CT molecular complexity index is 595. The molecule has 1 unspecified atom stereocenters. The Morgan fingerprint density at radius 2 is 1.68 bits per heavy atom. The molecule has 2 aromatic carbocycles. The van der Waals surface area contributed by atoms with Crippen LogP contribution in [0.15, 0.2) is 42.5 Å². The van der Waals surface area contributed by atoms with Gasteiger partial charge in [-0.3, -0.25) is 0 Å². The highest BCUT2D eigenvalue weighted by atomic mass is 14.3. The molecule has 19 heavy (non-hydrogen) atoms. The van der Waals surface area contributed by atoms with E-state index in [9.17, 15) is 0 Å². The first-order valence-electron chi connectivity index (χ1n) is 7.59. The molecule has 1 atom stereocenters. The van der Waals surface area contributed by atoms with Gasteiger partial charge in [-0.05, 0) is 72.3 Å². The summed E-state index contributed by atoms with van der Waals surface area (Å²) in [7, 11) is 0. The highest BCUT2D eigenvalue weighted by Crippen LogP contribution is 2.41. The van der Waals surface area contributed by atoms with Crippen LogP contribution in [0, 0.1) is 0 Å². The lowest BCUT2D eigenvalue weighted by molar-refractivity contribution is 0.669. The predicted molar refractivity (Wildman–Crippen MR) is 79.7 cm³/mol. The maximum absolute atomic E-state index is 2.41. The molecule has 0 N–H and O–H groups in total. The lowest BCUT2D eigenvalue weighted by Crippen LogP contribution is -2.02. The first kappa shape index (κ1) is 11.3. The smallest absolute Gasteiger partial charge is 0.0113 e. The first-order chi connectivity index (χ1) is 9.42. The number of rotatable bonds is 2. The van der Waals surface area contributed by atoms with Gasteiger partial charge in [-0.25, -0.2) is 0 Å². The van der Waals surface area contributed by atoms with Crippen molar-refractivity contribution in [2.24, 2.45) is 0 Å². The highest BCUT2D eigenvalue weighted by molar-refractivity contribution is 5.48. The van der Waals surface area contributed by atoms with Gasteiger partial charge in [-0.1, -0.05) is 42.5 Å². The SMILES string of the molecule is c1ccc(CC2CCc3ccc4c(c32)CCC4)cc1. The van der Waals surface area contributed by atoms with Gasteiger partial charge >= 0.3 is 0 Å². The zero-order chi connectivity index (χ0) is 12.7. The minimum Gasteiger partial charge on any atom is -0.0622 e. The summed E-state index contributed by atoms with van der Waals surface area (Å²) in [5.41, 5.74) is 8.23. The summed E-state index contributed by atoms with van der Waals surface area (Å²) in [6.45, 7) is 0. The van der Waals surface area contributed by atoms with Gasteiger partial charge in [-0.2, -0.15) is 0 Å². The third kappa shape index (κ3) is 1.90. The minimum absolute atomic E-state index is 0.769. The Morgan fingerprint density at radius 3 is 2.58 bits per heavy atom. The fraction of sp³-hybridized carbons (Fsp3) is 0.368. The molecule has 0 heterocycles. The molecule has 0 aliphatic heterocycles. The van der Waals surface area contributed by atoms with E-state index in [1.165, 1.54) is 44.1 Å². The normalized spacial score (nSPS) is 20.3. The van der Waals surface area contributed by atoms with Crippen LogP contribution in [0.2, 0.25) is 0 Å². The molecule has 0 nitrogen and oxygen atoms in total. The molecule has 4 rings (SSSR count). The maximum atomic E-state index is 2.41. The van der Waals surface area contributed by atoms with Crippen molar-refractivity contribution < 1.29 is 0 Å². The Morgan fingerprint density at radius 1 is 0.842 bits per heavy atom. The first-order valence-corrected chi connectivity index (χ1v) is 7.59. The van der Waals surface area contributed by atoms with Crippen molar-refractivity contribution in [2.75, 3.05) is 0 Å². The van der Waals surface area contributed by atoms with Gasteiger partial charge in [0.1, 0.15) is 0 Å². The summed E-state index contributed by atoms with van der Waals surface area (Å²) < 4.78 is 0. The van der Waals surface area contributed by atoms with Crippen molar-refractivity contribution >= 4 is 0 Å². The number of hydrogen-bond donors (Lipinski definition) is 0. The highest BCUT2D eigenvalue weighted by Gasteiger charge is 2.28. The van der Waals surface area contributed by atoms with E-state index in [0.717, 1.165) is 5.92 Å². The molecule has 0 amide bonds. The molecule has 0 fully saturated rings. The molecule has 2 aliphatic rings. The van der Waals surface area contributed by atoms with Crippen LogP contribution in [-0.4, -0.2) is 0 Å². The monoisotopic (exact) mass is 248 g/mol. The molecule has 0 bridgehead atoms. The Kier molecular flexibility index (Phi) is 2.69. The van der Waals surface area contributed by atoms with E-state index in [1.54, 1.807) is 22.3 Å².